The van der Waals surface area contributed by atoms with Crippen molar-refractivity contribution in [2.24, 2.45) is 0 Å². The summed E-state index contributed by atoms with van der Waals surface area (Å²) >= 11 is 3.22. The molecule has 64 valence electrons. The molecule has 2 nitrogen and oxygen atoms in total. The Kier molecular flexibility index (Phi) is 3.41. The van der Waals surface area contributed by atoms with Crippen molar-refractivity contribution < 1.29 is 4.79 Å². The van der Waals surface area contributed by atoms with Crippen LogP contribution < -0.4 is 0 Å². The summed E-state index contributed by atoms with van der Waals surface area (Å²) in [6.45, 7) is 1.99. The Morgan fingerprint density at radius 3 is 3.00 bits per heavy atom. The molecule has 1 aromatic heterocycles. The van der Waals surface area contributed by atoms with Crippen molar-refractivity contribution in [1.29, 1.82) is 0 Å². The third kappa shape index (κ3) is 2.41. The molecule has 1 heterocycles. The van der Waals surface area contributed by atoms with E-state index in [1.165, 1.54) is 0 Å². The lowest BCUT2D eigenvalue weighted by Crippen LogP contribution is -1.97. The van der Waals surface area contributed by atoms with E-state index in [9.17, 15) is 4.79 Å². The molecule has 3 heteroatoms. The Hall–Kier alpha value is -0.700. The van der Waals surface area contributed by atoms with E-state index in [-0.39, 0.29) is 5.78 Å². The van der Waals surface area contributed by atoms with Crippen LogP contribution in [0.3, 0.4) is 0 Å². The predicted octanol–water partition coefficient (Wildman–Crippen LogP) is 2.83. The van der Waals surface area contributed by atoms with Gasteiger partial charge in [-0.05, 0) is 34.5 Å². The zero-order chi connectivity index (χ0) is 8.97. The first-order chi connectivity index (χ1) is 5.74. The second kappa shape index (κ2) is 4.36. The van der Waals surface area contributed by atoms with E-state index in [4.69, 9.17) is 0 Å². The Morgan fingerprint density at radius 2 is 2.42 bits per heavy atom. The maximum atomic E-state index is 11.3. The molecule has 0 atom stereocenters. The fourth-order valence-electron chi connectivity index (χ4n) is 0.947. The van der Waals surface area contributed by atoms with E-state index in [1.54, 1.807) is 18.3 Å². The number of halogens is 1. The number of rotatable bonds is 3. The van der Waals surface area contributed by atoms with Gasteiger partial charge in [-0.15, -0.1) is 0 Å². The molecule has 0 amide bonds. The second-order valence-corrected chi connectivity index (χ2v) is 3.35. The zero-order valence-electron chi connectivity index (χ0n) is 6.88. The van der Waals surface area contributed by atoms with Crippen molar-refractivity contribution >= 4 is 21.7 Å². The van der Waals surface area contributed by atoms with E-state index in [0.29, 0.717) is 11.0 Å². The highest BCUT2D eigenvalue weighted by Crippen LogP contribution is 2.10. The molecule has 1 rings (SSSR count). The molecule has 0 aliphatic rings. The Labute approximate surface area is 80.1 Å². The largest absolute Gasteiger partial charge is 0.294 e. The van der Waals surface area contributed by atoms with Crippen LogP contribution in [0.25, 0.3) is 0 Å². The predicted molar refractivity (Wildman–Crippen MR) is 51.2 cm³/mol. The van der Waals surface area contributed by atoms with Crippen molar-refractivity contribution in [2.45, 2.75) is 19.8 Å². The number of hydrogen-bond donors (Lipinski definition) is 0. The van der Waals surface area contributed by atoms with Crippen LogP contribution in [0.1, 0.15) is 30.1 Å². The fourth-order valence-corrected chi connectivity index (χ4v) is 1.31. The minimum Gasteiger partial charge on any atom is -0.294 e. The number of nitrogens with zero attached hydrogens (tertiary/aromatic N) is 1. The monoisotopic (exact) mass is 227 g/mol. The highest BCUT2D eigenvalue weighted by Gasteiger charge is 2.03. The first-order valence-electron chi connectivity index (χ1n) is 3.88. The Bertz CT molecular complexity index is 286. The lowest BCUT2D eigenvalue weighted by Gasteiger charge is -1.97. The number of Topliss-reactive ketones (excluding diaryl/α,β-unsaturated/α-hetero) is 1. The molecule has 0 saturated heterocycles. The topological polar surface area (TPSA) is 30.0 Å². The molecule has 0 bridgehead atoms. The molecule has 12 heavy (non-hydrogen) atoms. The average molecular weight is 228 g/mol. The van der Waals surface area contributed by atoms with E-state index in [2.05, 4.69) is 20.9 Å². The number of aromatic nitrogens is 1. The van der Waals surface area contributed by atoms with Crippen LogP contribution in [0.4, 0.5) is 0 Å². The van der Waals surface area contributed by atoms with Gasteiger partial charge in [0.15, 0.2) is 5.78 Å². The maximum Gasteiger partial charge on any atom is 0.163 e. The van der Waals surface area contributed by atoms with Crippen molar-refractivity contribution in [3.05, 3.63) is 28.5 Å². The summed E-state index contributed by atoms with van der Waals surface area (Å²) in [6.07, 6.45) is 3.13. The number of hydrogen-bond acceptors (Lipinski definition) is 2. The van der Waals surface area contributed by atoms with Crippen LogP contribution in [0.5, 0.6) is 0 Å². The normalized spacial score (nSPS) is 9.83. The molecule has 0 N–H and O–H groups in total. The number of ketones is 1. The fraction of sp³-hybridized carbons (Fsp3) is 0.333. The summed E-state index contributed by atoms with van der Waals surface area (Å²) in [6, 6.07) is 3.49. The van der Waals surface area contributed by atoms with Gasteiger partial charge in [0.05, 0.1) is 0 Å². The van der Waals surface area contributed by atoms with Crippen LogP contribution in [0, 0.1) is 0 Å². The summed E-state index contributed by atoms with van der Waals surface area (Å²) in [4.78, 5) is 15.3. The standard InChI is InChI=1S/C9H10BrNO/c1-2-3-8(12)7-4-5-11-9(10)6-7/h4-6H,2-3H2,1H3. The molecule has 0 spiro atoms. The van der Waals surface area contributed by atoms with Gasteiger partial charge in [-0.3, -0.25) is 4.79 Å². The lowest BCUT2D eigenvalue weighted by molar-refractivity contribution is 0.0981. The van der Waals surface area contributed by atoms with E-state index < -0.39 is 0 Å². The van der Waals surface area contributed by atoms with Crippen LogP contribution in [0.15, 0.2) is 22.9 Å². The van der Waals surface area contributed by atoms with E-state index >= 15 is 0 Å². The Morgan fingerprint density at radius 1 is 1.67 bits per heavy atom. The van der Waals surface area contributed by atoms with Gasteiger partial charge in [0, 0.05) is 18.2 Å². The van der Waals surface area contributed by atoms with Crippen molar-refractivity contribution in [2.75, 3.05) is 0 Å². The first-order valence-corrected chi connectivity index (χ1v) is 4.68. The van der Waals surface area contributed by atoms with Gasteiger partial charge < -0.3 is 0 Å². The molecule has 0 aromatic carbocycles. The first kappa shape index (κ1) is 9.39. The van der Waals surface area contributed by atoms with Crippen LogP contribution in [0.2, 0.25) is 0 Å². The van der Waals surface area contributed by atoms with Gasteiger partial charge in [0.1, 0.15) is 4.60 Å². The quantitative estimate of drug-likeness (QED) is 0.588. The van der Waals surface area contributed by atoms with Gasteiger partial charge in [-0.2, -0.15) is 0 Å². The SMILES string of the molecule is CCCC(=O)c1ccnc(Br)c1. The second-order valence-electron chi connectivity index (χ2n) is 2.54. The van der Waals surface area contributed by atoms with Gasteiger partial charge in [-0.1, -0.05) is 6.92 Å². The summed E-state index contributed by atoms with van der Waals surface area (Å²) < 4.78 is 0.712. The molecule has 0 unspecified atom stereocenters. The average Bonchev–Trinajstić information content (AvgIpc) is 2.05. The molecule has 0 fully saturated rings. The van der Waals surface area contributed by atoms with Crippen LogP contribution >= 0.6 is 15.9 Å². The zero-order valence-corrected chi connectivity index (χ0v) is 8.47. The highest BCUT2D eigenvalue weighted by atomic mass is 79.9. The van der Waals surface area contributed by atoms with Gasteiger partial charge >= 0.3 is 0 Å². The molecule has 0 aliphatic heterocycles. The summed E-state index contributed by atoms with van der Waals surface area (Å²) in [5, 5.41) is 0. The summed E-state index contributed by atoms with van der Waals surface area (Å²) in [5.41, 5.74) is 0.735. The third-order valence-electron chi connectivity index (χ3n) is 1.53. The molecule has 0 radical (unpaired) electrons. The van der Waals surface area contributed by atoms with Gasteiger partial charge in [0.25, 0.3) is 0 Å². The van der Waals surface area contributed by atoms with E-state index in [0.717, 1.165) is 12.0 Å². The van der Waals surface area contributed by atoms with Gasteiger partial charge in [-0.25, -0.2) is 4.98 Å². The summed E-state index contributed by atoms with van der Waals surface area (Å²) in [5.74, 6) is 0.181. The third-order valence-corrected chi connectivity index (χ3v) is 1.96. The van der Waals surface area contributed by atoms with Crippen molar-refractivity contribution in [3.63, 3.8) is 0 Å². The smallest absolute Gasteiger partial charge is 0.163 e. The van der Waals surface area contributed by atoms with Gasteiger partial charge in [0.2, 0.25) is 0 Å². The minimum absolute atomic E-state index is 0.181. The summed E-state index contributed by atoms with van der Waals surface area (Å²) in [7, 11) is 0. The number of pyridine rings is 1. The minimum atomic E-state index is 0.181. The Balaban J connectivity index is 2.81. The van der Waals surface area contributed by atoms with Crippen molar-refractivity contribution in [1.82, 2.24) is 4.98 Å². The molecule has 0 aliphatic carbocycles. The maximum absolute atomic E-state index is 11.3. The lowest BCUT2D eigenvalue weighted by atomic mass is 10.1. The number of carbonyl (C=O) groups excluding carboxylic acids is 1. The van der Waals surface area contributed by atoms with Crippen molar-refractivity contribution in [3.8, 4) is 0 Å². The molecular weight excluding hydrogens is 218 g/mol. The van der Waals surface area contributed by atoms with Crippen LogP contribution in [-0.4, -0.2) is 10.8 Å². The molecular formula is C9H10BrNO. The molecule has 0 saturated carbocycles. The number of carbonyl (C=O) groups is 1. The van der Waals surface area contributed by atoms with Crippen LogP contribution in [-0.2, 0) is 0 Å². The highest BCUT2D eigenvalue weighted by molar-refractivity contribution is 9.10. The van der Waals surface area contributed by atoms with E-state index in [1.807, 2.05) is 6.92 Å². The molecule has 1 aromatic rings.